The summed E-state index contributed by atoms with van der Waals surface area (Å²) in [6, 6.07) is -0.724. The Bertz CT molecular complexity index is 365. The van der Waals surface area contributed by atoms with Crippen LogP contribution in [0.5, 0.6) is 0 Å². The van der Waals surface area contributed by atoms with Crippen molar-refractivity contribution in [2.24, 2.45) is 5.41 Å². The first-order valence-electron chi connectivity index (χ1n) is 7.36. The van der Waals surface area contributed by atoms with E-state index in [4.69, 9.17) is 0 Å². The van der Waals surface area contributed by atoms with Gasteiger partial charge < -0.3 is 10.2 Å². The molecule has 0 radical (unpaired) electrons. The van der Waals surface area contributed by atoms with Gasteiger partial charge in [-0.05, 0) is 24.5 Å². The minimum Gasteiger partial charge on any atom is -0.342 e. The molecule has 1 heterocycles. The second-order valence-electron chi connectivity index (χ2n) is 6.60. The van der Waals surface area contributed by atoms with Gasteiger partial charge in [0.25, 0.3) is 0 Å². The molecule has 0 spiro atoms. The standard InChI is InChI=1S/C15H28N2O2S/c1-7-11-13(18)16-12(15(3,4)5)14(19)17(11)9-8-10(2)20-6/h10-12H,7-9H2,1-6H3,(H,16,18). The van der Waals surface area contributed by atoms with Crippen LogP contribution in [0, 0.1) is 5.41 Å². The molecule has 0 aromatic heterocycles. The fourth-order valence-electron chi connectivity index (χ4n) is 2.46. The Labute approximate surface area is 127 Å². The molecule has 116 valence electrons. The Morgan fingerprint density at radius 1 is 1.35 bits per heavy atom. The Morgan fingerprint density at radius 2 is 1.95 bits per heavy atom. The van der Waals surface area contributed by atoms with E-state index in [-0.39, 0.29) is 23.3 Å². The molecule has 2 amide bonds. The van der Waals surface area contributed by atoms with Crippen LogP contribution in [0.2, 0.25) is 0 Å². The third-order valence-electron chi connectivity index (χ3n) is 3.93. The quantitative estimate of drug-likeness (QED) is 0.847. The van der Waals surface area contributed by atoms with Crippen LogP contribution in [-0.4, -0.2) is 46.8 Å². The summed E-state index contributed by atoms with van der Waals surface area (Å²) in [6.45, 7) is 10.8. The predicted molar refractivity (Wildman–Crippen MR) is 84.8 cm³/mol. The number of carbonyl (C=O) groups excluding carboxylic acids is 2. The van der Waals surface area contributed by atoms with E-state index >= 15 is 0 Å². The minimum atomic E-state index is -0.414. The number of piperazine rings is 1. The lowest BCUT2D eigenvalue weighted by Crippen LogP contribution is -2.66. The minimum absolute atomic E-state index is 0.0103. The molecule has 1 aliphatic rings. The second kappa shape index (κ2) is 6.83. The van der Waals surface area contributed by atoms with Gasteiger partial charge in [0.2, 0.25) is 11.8 Å². The first kappa shape index (κ1) is 17.3. The zero-order valence-corrected chi connectivity index (χ0v) is 14.3. The van der Waals surface area contributed by atoms with Gasteiger partial charge in [0.1, 0.15) is 12.1 Å². The number of hydrogen-bond acceptors (Lipinski definition) is 3. The smallest absolute Gasteiger partial charge is 0.246 e. The number of rotatable bonds is 5. The van der Waals surface area contributed by atoms with Crippen LogP contribution in [0.3, 0.4) is 0 Å². The van der Waals surface area contributed by atoms with E-state index in [9.17, 15) is 9.59 Å². The second-order valence-corrected chi connectivity index (χ2v) is 7.87. The fourth-order valence-corrected chi connectivity index (χ4v) is 2.80. The molecule has 0 aromatic rings. The molecule has 1 N–H and O–H groups in total. The van der Waals surface area contributed by atoms with Crippen LogP contribution in [0.25, 0.3) is 0 Å². The number of nitrogens with one attached hydrogen (secondary N) is 1. The van der Waals surface area contributed by atoms with Gasteiger partial charge >= 0.3 is 0 Å². The van der Waals surface area contributed by atoms with Gasteiger partial charge in [0.05, 0.1) is 0 Å². The van der Waals surface area contributed by atoms with Crippen LogP contribution >= 0.6 is 11.8 Å². The normalized spacial score (nSPS) is 25.6. The fraction of sp³-hybridized carbons (Fsp3) is 0.867. The number of carbonyl (C=O) groups is 2. The zero-order chi connectivity index (χ0) is 15.5. The molecule has 0 bridgehead atoms. The number of nitrogens with zero attached hydrogens (tertiary/aromatic N) is 1. The highest BCUT2D eigenvalue weighted by Crippen LogP contribution is 2.26. The third-order valence-corrected chi connectivity index (χ3v) is 4.97. The zero-order valence-electron chi connectivity index (χ0n) is 13.5. The highest BCUT2D eigenvalue weighted by molar-refractivity contribution is 7.99. The van der Waals surface area contributed by atoms with E-state index in [2.05, 4.69) is 18.5 Å². The van der Waals surface area contributed by atoms with E-state index in [1.165, 1.54) is 0 Å². The lowest BCUT2D eigenvalue weighted by Gasteiger charge is -2.43. The first-order chi connectivity index (χ1) is 9.22. The average molecular weight is 300 g/mol. The summed E-state index contributed by atoms with van der Waals surface area (Å²) in [5, 5.41) is 3.40. The van der Waals surface area contributed by atoms with E-state index in [0.29, 0.717) is 18.2 Å². The molecule has 1 aliphatic heterocycles. The summed E-state index contributed by atoms with van der Waals surface area (Å²) >= 11 is 1.79. The van der Waals surface area contributed by atoms with Crippen molar-refractivity contribution in [2.45, 2.75) is 64.8 Å². The molecule has 4 nitrogen and oxygen atoms in total. The third kappa shape index (κ3) is 3.90. The molecule has 0 aromatic carbocycles. The maximum absolute atomic E-state index is 12.7. The summed E-state index contributed by atoms with van der Waals surface area (Å²) in [5.74, 6) is 0.0566. The molecule has 3 unspecified atom stereocenters. The molecule has 3 atom stereocenters. The molecule has 1 fully saturated rings. The summed E-state index contributed by atoms with van der Waals surface area (Å²) in [7, 11) is 0. The van der Waals surface area contributed by atoms with Crippen molar-refractivity contribution >= 4 is 23.6 Å². The predicted octanol–water partition coefficient (Wildman–Crippen LogP) is 2.28. The van der Waals surface area contributed by atoms with E-state index in [1.54, 1.807) is 16.7 Å². The van der Waals surface area contributed by atoms with Gasteiger partial charge in [-0.15, -0.1) is 0 Å². The van der Waals surface area contributed by atoms with Crippen molar-refractivity contribution in [3.63, 3.8) is 0 Å². The maximum Gasteiger partial charge on any atom is 0.246 e. The van der Waals surface area contributed by atoms with Gasteiger partial charge in [-0.2, -0.15) is 11.8 Å². The molecular formula is C15H28N2O2S. The first-order valence-corrected chi connectivity index (χ1v) is 8.64. The highest BCUT2D eigenvalue weighted by atomic mass is 32.2. The van der Waals surface area contributed by atoms with E-state index < -0.39 is 6.04 Å². The van der Waals surface area contributed by atoms with Gasteiger partial charge in [-0.25, -0.2) is 0 Å². The number of hydrogen-bond donors (Lipinski definition) is 1. The van der Waals surface area contributed by atoms with Gasteiger partial charge in [-0.3, -0.25) is 9.59 Å². The lowest BCUT2D eigenvalue weighted by molar-refractivity contribution is -0.152. The summed E-state index contributed by atoms with van der Waals surface area (Å²) in [6.07, 6.45) is 3.67. The van der Waals surface area contributed by atoms with Gasteiger partial charge in [0, 0.05) is 11.8 Å². The van der Waals surface area contributed by atoms with Crippen LogP contribution in [0.15, 0.2) is 0 Å². The van der Waals surface area contributed by atoms with Gasteiger partial charge in [0.15, 0.2) is 0 Å². The Hall–Kier alpha value is -0.710. The van der Waals surface area contributed by atoms with E-state index in [1.807, 2.05) is 27.7 Å². The largest absolute Gasteiger partial charge is 0.342 e. The maximum atomic E-state index is 12.7. The van der Waals surface area contributed by atoms with Crippen molar-refractivity contribution in [1.82, 2.24) is 10.2 Å². The van der Waals surface area contributed by atoms with Crippen LogP contribution in [0.1, 0.15) is 47.5 Å². The molecule has 1 saturated heterocycles. The monoisotopic (exact) mass is 300 g/mol. The molecule has 5 heteroatoms. The molecular weight excluding hydrogens is 272 g/mol. The van der Waals surface area contributed by atoms with Crippen LogP contribution in [-0.2, 0) is 9.59 Å². The van der Waals surface area contributed by atoms with E-state index in [0.717, 1.165) is 6.42 Å². The summed E-state index contributed by atoms with van der Waals surface area (Å²) < 4.78 is 0. The average Bonchev–Trinajstić information content (AvgIpc) is 2.37. The van der Waals surface area contributed by atoms with Crippen molar-refractivity contribution in [3.8, 4) is 0 Å². The Morgan fingerprint density at radius 3 is 2.40 bits per heavy atom. The van der Waals surface area contributed by atoms with Crippen molar-refractivity contribution in [1.29, 1.82) is 0 Å². The molecule has 20 heavy (non-hydrogen) atoms. The lowest BCUT2D eigenvalue weighted by atomic mass is 9.83. The summed E-state index contributed by atoms with van der Waals surface area (Å²) in [4.78, 5) is 26.7. The number of amides is 2. The summed E-state index contributed by atoms with van der Waals surface area (Å²) in [5.41, 5.74) is -0.255. The molecule has 1 rings (SSSR count). The topological polar surface area (TPSA) is 49.4 Å². The van der Waals surface area contributed by atoms with Crippen molar-refractivity contribution in [3.05, 3.63) is 0 Å². The SMILES string of the molecule is CCC1C(=O)NC(C(C)(C)C)C(=O)N1CCC(C)SC. The van der Waals surface area contributed by atoms with Crippen molar-refractivity contribution < 1.29 is 9.59 Å². The Balaban J connectivity index is 2.89. The van der Waals surface area contributed by atoms with Crippen LogP contribution in [0.4, 0.5) is 0 Å². The number of thioether (sulfide) groups is 1. The molecule has 0 aliphatic carbocycles. The highest BCUT2D eigenvalue weighted by Gasteiger charge is 2.44. The Kier molecular flexibility index (Phi) is 5.92. The van der Waals surface area contributed by atoms with Crippen molar-refractivity contribution in [2.75, 3.05) is 12.8 Å². The van der Waals surface area contributed by atoms with Crippen LogP contribution < -0.4 is 5.32 Å². The molecule has 0 saturated carbocycles. The van der Waals surface area contributed by atoms with Gasteiger partial charge in [-0.1, -0.05) is 34.6 Å².